The van der Waals surface area contributed by atoms with Crippen LogP contribution in [0, 0.1) is 5.92 Å². The molecule has 1 aliphatic carbocycles. The fraction of sp³-hybridized carbons (Fsp3) is 0.429. The Morgan fingerprint density at radius 3 is 2.48 bits per heavy atom. The van der Waals surface area contributed by atoms with Crippen LogP contribution >= 0.6 is 0 Å². The maximum absolute atomic E-state index is 12.9. The molecule has 0 spiro atoms. The van der Waals surface area contributed by atoms with E-state index in [9.17, 15) is 26.7 Å². The molecule has 33 heavy (non-hydrogen) atoms. The third-order valence-corrected chi connectivity index (χ3v) is 4.71. The Balaban J connectivity index is 0.00000282. The Labute approximate surface area is 189 Å². The van der Waals surface area contributed by atoms with Crippen LogP contribution in [-0.2, 0) is 4.79 Å². The van der Waals surface area contributed by atoms with E-state index in [4.69, 9.17) is 4.79 Å². The van der Waals surface area contributed by atoms with Gasteiger partial charge in [0.05, 0.1) is 11.6 Å². The molecule has 184 valence electrons. The summed E-state index contributed by atoms with van der Waals surface area (Å²) < 4.78 is 66.7. The number of rotatable bonds is 9. The molecule has 1 saturated carbocycles. The van der Waals surface area contributed by atoms with E-state index in [0.29, 0.717) is 11.7 Å². The minimum atomic E-state index is -5.72. The normalized spacial score (nSPS) is 14.5. The number of carbonyl (C=O) groups is 2. The maximum Gasteiger partial charge on any atom is 0.456 e. The van der Waals surface area contributed by atoms with Gasteiger partial charge in [0.15, 0.2) is 6.61 Å². The third-order valence-electron chi connectivity index (χ3n) is 4.71. The lowest BCUT2D eigenvalue weighted by atomic mass is 10.1. The van der Waals surface area contributed by atoms with E-state index in [1.54, 1.807) is 19.2 Å². The zero-order chi connectivity index (χ0) is 24.6. The molecule has 0 aliphatic heterocycles. The van der Waals surface area contributed by atoms with Crippen molar-refractivity contribution in [3.8, 4) is 5.88 Å². The van der Waals surface area contributed by atoms with Gasteiger partial charge in [0.2, 0.25) is 5.88 Å². The number of halogens is 5. The molecule has 12 heteroatoms. The van der Waals surface area contributed by atoms with Crippen LogP contribution in [0.1, 0.15) is 44.6 Å². The first kappa shape index (κ1) is 25.9. The van der Waals surface area contributed by atoms with Gasteiger partial charge in [-0.1, -0.05) is 0 Å². The van der Waals surface area contributed by atoms with Gasteiger partial charge in [-0.25, -0.2) is 9.97 Å². The second-order valence-corrected chi connectivity index (χ2v) is 7.37. The lowest BCUT2D eigenvalue weighted by Crippen LogP contribution is -2.41. The highest BCUT2D eigenvalue weighted by molar-refractivity contribution is 5.94. The first-order chi connectivity index (χ1) is 15.5. The van der Waals surface area contributed by atoms with Crippen molar-refractivity contribution in [1.82, 2.24) is 15.3 Å². The van der Waals surface area contributed by atoms with Crippen molar-refractivity contribution in [2.24, 2.45) is 5.92 Å². The number of nitrogens with zero attached hydrogens (tertiary/aromatic N) is 2. The Bertz CT molecular complexity index is 932. The number of nitrogens with one attached hydrogen (secondary N) is 2. The number of carbonyl (C=O) groups excluding carboxylic acids is 2. The van der Waals surface area contributed by atoms with Gasteiger partial charge in [-0.2, -0.15) is 22.0 Å². The van der Waals surface area contributed by atoms with E-state index in [1.807, 2.05) is 12.9 Å². The summed E-state index contributed by atoms with van der Waals surface area (Å²) in [7, 11) is 0. The SMILES string of the molecule is C=O.CC(NC(=O)c1ccc(OCC(F)(F)C(F)(F)F)nc1)c1ccnc(NCC2CC2)c1.[HH].[HH]. The van der Waals surface area contributed by atoms with Gasteiger partial charge in [-0.05, 0) is 49.4 Å². The number of ether oxygens (including phenoxy) is 1. The molecule has 0 radical (unpaired) electrons. The summed E-state index contributed by atoms with van der Waals surface area (Å²) in [6.45, 7) is 2.74. The van der Waals surface area contributed by atoms with Crippen LogP contribution in [0.15, 0.2) is 36.7 Å². The van der Waals surface area contributed by atoms with Crippen molar-refractivity contribution in [1.29, 1.82) is 0 Å². The Morgan fingerprint density at radius 1 is 1.21 bits per heavy atom. The molecule has 3 rings (SSSR count). The van der Waals surface area contributed by atoms with Crippen molar-refractivity contribution in [2.75, 3.05) is 18.5 Å². The molecule has 1 amide bonds. The zero-order valence-corrected chi connectivity index (χ0v) is 17.7. The fourth-order valence-corrected chi connectivity index (χ4v) is 2.59. The highest BCUT2D eigenvalue weighted by Gasteiger charge is 2.58. The van der Waals surface area contributed by atoms with E-state index < -0.39 is 30.5 Å². The van der Waals surface area contributed by atoms with Crippen LogP contribution in [0.2, 0.25) is 0 Å². The molecule has 2 heterocycles. The second kappa shape index (κ2) is 11.0. The number of amides is 1. The topological polar surface area (TPSA) is 93.2 Å². The van der Waals surface area contributed by atoms with E-state index in [1.165, 1.54) is 18.9 Å². The van der Waals surface area contributed by atoms with E-state index in [0.717, 1.165) is 24.4 Å². The van der Waals surface area contributed by atoms with Crippen LogP contribution in [0.5, 0.6) is 5.88 Å². The monoisotopic (exact) mass is 478 g/mol. The summed E-state index contributed by atoms with van der Waals surface area (Å²) in [6, 6.07) is 5.52. The molecular formula is C21H27F5N4O3. The number of aromatic nitrogens is 2. The molecular weight excluding hydrogens is 451 g/mol. The van der Waals surface area contributed by atoms with Gasteiger partial charge in [-0.15, -0.1) is 0 Å². The van der Waals surface area contributed by atoms with Crippen molar-refractivity contribution in [3.05, 3.63) is 47.8 Å². The lowest BCUT2D eigenvalue weighted by molar-refractivity contribution is -0.290. The highest BCUT2D eigenvalue weighted by Crippen LogP contribution is 2.35. The quantitative estimate of drug-likeness (QED) is 0.509. The number of alkyl halides is 5. The molecule has 2 aromatic rings. The standard InChI is InChI=1S/C20H21F5N4O2.CH2O.2H2/c1-12(14-6-7-26-16(8-14)27-9-13-2-3-13)29-18(30)15-4-5-17(28-10-15)31-11-19(21,22)20(23,24)25;1-2;;/h4-8,10,12-13H,2-3,9,11H2,1H3,(H,26,27)(H,29,30);1H2;2*1H. The molecule has 0 aromatic carbocycles. The third kappa shape index (κ3) is 7.65. The molecule has 2 aromatic heterocycles. The summed E-state index contributed by atoms with van der Waals surface area (Å²) in [5, 5.41) is 6.02. The zero-order valence-electron chi connectivity index (χ0n) is 17.7. The summed E-state index contributed by atoms with van der Waals surface area (Å²) in [6.07, 6.45) is -0.622. The first-order valence-electron chi connectivity index (χ1n) is 9.88. The Kier molecular flexibility index (Phi) is 8.66. The summed E-state index contributed by atoms with van der Waals surface area (Å²) in [5.41, 5.74) is 0.923. The average molecular weight is 478 g/mol. The predicted molar refractivity (Wildman–Crippen MR) is 113 cm³/mol. The largest absolute Gasteiger partial charge is 0.471 e. The molecule has 0 bridgehead atoms. The Hall–Kier alpha value is -3.31. The van der Waals surface area contributed by atoms with Crippen LogP contribution in [0.3, 0.4) is 0 Å². The van der Waals surface area contributed by atoms with Crippen LogP contribution in [-0.4, -0.2) is 47.9 Å². The summed E-state index contributed by atoms with van der Waals surface area (Å²) in [5.74, 6) is -4.55. The van der Waals surface area contributed by atoms with Gasteiger partial charge in [0.1, 0.15) is 12.6 Å². The van der Waals surface area contributed by atoms with Crippen molar-refractivity contribution in [2.45, 2.75) is 37.9 Å². The van der Waals surface area contributed by atoms with E-state index >= 15 is 0 Å². The van der Waals surface area contributed by atoms with Gasteiger partial charge >= 0.3 is 12.1 Å². The lowest BCUT2D eigenvalue weighted by Gasteiger charge is -2.19. The number of anilines is 1. The fourth-order valence-electron chi connectivity index (χ4n) is 2.59. The molecule has 0 saturated heterocycles. The van der Waals surface area contributed by atoms with Crippen LogP contribution < -0.4 is 15.4 Å². The average Bonchev–Trinajstić information content (AvgIpc) is 3.62. The molecule has 7 nitrogen and oxygen atoms in total. The summed E-state index contributed by atoms with van der Waals surface area (Å²) >= 11 is 0. The van der Waals surface area contributed by atoms with Crippen molar-refractivity contribution < 1.29 is 39.1 Å². The van der Waals surface area contributed by atoms with Gasteiger partial charge in [0.25, 0.3) is 5.91 Å². The Morgan fingerprint density at radius 2 is 1.91 bits per heavy atom. The summed E-state index contributed by atoms with van der Waals surface area (Å²) in [4.78, 5) is 28.3. The minimum Gasteiger partial charge on any atom is -0.471 e. The van der Waals surface area contributed by atoms with Crippen molar-refractivity contribution in [3.63, 3.8) is 0 Å². The molecule has 2 N–H and O–H groups in total. The maximum atomic E-state index is 12.9. The van der Waals surface area contributed by atoms with E-state index in [-0.39, 0.29) is 14.5 Å². The van der Waals surface area contributed by atoms with Gasteiger partial charge in [0, 0.05) is 27.9 Å². The highest BCUT2D eigenvalue weighted by atomic mass is 19.4. The molecule has 1 aliphatic rings. The first-order valence-corrected chi connectivity index (χ1v) is 9.88. The predicted octanol–water partition coefficient (Wildman–Crippen LogP) is 4.67. The number of pyridine rings is 2. The van der Waals surface area contributed by atoms with Gasteiger partial charge in [-0.3, -0.25) is 4.79 Å². The number of hydrogen-bond donors (Lipinski definition) is 2. The van der Waals surface area contributed by atoms with Gasteiger partial charge < -0.3 is 20.2 Å². The molecule has 1 fully saturated rings. The van der Waals surface area contributed by atoms with Crippen molar-refractivity contribution >= 4 is 18.5 Å². The van der Waals surface area contributed by atoms with Crippen LogP contribution in [0.4, 0.5) is 27.8 Å². The number of hydrogen-bond acceptors (Lipinski definition) is 6. The minimum absolute atomic E-state index is 0. The second-order valence-electron chi connectivity index (χ2n) is 7.37. The smallest absolute Gasteiger partial charge is 0.456 e. The van der Waals surface area contributed by atoms with Crippen LogP contribution in [0.25, 0.3) is 0 Å². The van der Waals surface area contributed by atoms with E-state index in [2.05, 4.69) is 25.3 Å². The molecule has 1 atom stereocenters. The molecule has 1 unspecified atom stereocenters.